The molecule has 3 rings (SSSR count). The maximum Gasteiger partial charge on any atom is 0.253 e. The van der Waals surface area contributed by atoms with Crippen molar-refractivity contribution < 1.29 is 14.3 Å². The Bertz CT molecular complexity index is 596. The van der Waals surface area contributed by atoms with E-state index in [0.29, 0.717) is 69.6 Å². The van der Waals surface area contributed by atoms with Crippen molar-refractivity contribution >= 4 is 23.4 Å². The lowest BCUT2D eigenvalue weighted by molar-refractivity contribution is -0.136. The zero-order valence-electron chi connectivity index (χ0n) is 13.6. The molecule has 0 unspecified atom stereocenters. The fourth-order valence-electron chi connectivity index (χ4n) is 3.02. The van der Waals surface area contributed by atoms with Crippen molar-refractivity contribution in [3.8, 4) is 0 Å². The molecule has 0 aromatic heterocycles. The van der Waals surface area contributed by atoms with Crippen LogP contribution in [0.25, 0.3) is 0 Å². The predicted molar refractivity (Wildman–Crippen MR) is 91.2 cm³/mol. The maximum absolute atomic E-state index is 12.5. The summed E-state index contributed by atoms with van der Waals surface area (Å²) in [5.41, 5.74) is 0.611. The molecule has 24 heavy (non-hydrogen) atoms. The molecular weight excluding hydrogens is 330 g/mol. The molecule has 2 aliphatic rings. The van der Waals surface area contributed by atoms with Gasteiger partial charge in [0.25, 0.3) is 5.91 Å². The van der Waals surface area contributed by atoms with Gasteiger partial charge in [-0.2, -0.15) is 0 Å². The summed E-state index contributed by atoms with van der Waals surface area (Å²) in [6, 6.07) is 7.01. The lowest BCUT2D eigenvalue weighted by Crippen LogP contribution is -2.52. The van der Waals surface area contributed by atoms with Gasteiger partial charge in [-0.25, -0.2) is 0 Å². The van der Waals surface area contributed by atoms with Crippen LogP contribution in [0.1, 0.15) is 10.4 Å². The third-order valence-corrected chi connectivity index (χ3v) is 4.69. The molecular formula is C17H22ClN3O3. The van der Waals surface area contributed by atoms with Gasteiger partial charge in [0.15, 0.2) is 0 Å². The molecule has 0 N–H and O–H groups in total. The van der Waals surface area contributed by atoms with Crippen LogP contribution in [-0.4, -0.2) is 85.5 Å². The van der Waals surface area contributed by atoms with Gasteiger partial charge in [-0.1, -0.05) is 17.7 Å². The van der Waals surface area contributed by atoms with E-state index in [1.807, 2.05) is 9.80 Å². The molecule has 2 aliphatic heterocycles. The summed E-state index contributed by atoms with van der Waals surface area (Å²) < 4.78 is 5.27. The van der Waals surface area contributed by atoms with E-state index in [1.165, 1.54) is 0 Å². The molecule has 0 aliphatic carbocycles. The molecule has 0 spiro atoms. The highest BCUT2D eigenvalue weighted by molar-refractivity contribution is 6.30. The van der Waals surface area contributed by atoms with Crippen LogP contribution in [0.3, 0.4) is 0 Å². The minimum atomic E-state index is -0.00310. The van der Waals surface area contributed by atoms with Crippen LogP contribution in [0.15, 0.2) is 24.3 Å². The summed E-state index contributed by atoms with van der Waals surface area (Å²) in [6.45, 7) is 5.67. The molecule has 1 aromatic carbocycles. The average Bonchev–Trinajstić information content (AvgIpc) is 2.62. The Morgan fingerprint density at radius 2 is 1.71 bits per heavy atom. The molecule has 2 saturated heterocycles. The fraction of sp³-hybridized carbons (Fsp3) is 0.529. The number of hydrogen-bond acceptors (Lipinski definition) is 4. The Labute approximate surface area is 146 Å². The quantitative estimate of drug-likeness (QED) is 0.814. The number of hydrogen-bond donors (Lipinski definition) is 0. The van der Waals surface area contributed by atoms with Crippen molar-refractivity contribution in [1.29, 1.82) is 0 Å². The number of rotatable bonds is 3. The molecule has 2 fully saturated rings. The van der Waals surface area contributed by atoms with E-state index in [-0.39, 0.29) is 11.8 Å². The maximum atomic E-state index is 12.5. The van der Waals surface area contributed by atoms with Crippen molar-refractivity contribution in [2.75, 3.05) is 59.0 Å². The highest BCUT2D eigenvalue weighted by Crippen LogP contribution is 2.14. The van der Waals surface area contributed by atoms with E-state index in [2.05, 4.69) is 4.90 Å². The standard InChI is InChI=1S/C17H22ClN3O3/c18-15-3-1-2-14(12-15)17(23)21-6-4-19(5-7-21)13-16(22)20-8-10-24-11-9-20/h1-3,12H,4-11,13H2. The number of benzene rings is 1. The highest BCUT2D eigenvalue weighted by Gasteiger charge is 2.25. The van der Waals surface area contributed by atoms with Crippen LogP contribution >= 0.6 is 11.6 Å². The molecule has 2 heterocycles. The van der Waals surface area contributed by atoms with Gasteiger partial charge in [-0.3, -0.25) is 14.5 Å². The van der Waals surface area contributed by atoms with Crippen molar-refractivity contribution in [3.05, 3.63) is 34.9 Å². The van der Waals surface area contributed by atoms with Gasteiger partial charge in [-0.15, -0.1) is 0 Å². The van der Waals surface area contributed by atoms with E-state index in [0.717, 1.165) is 0 Å². The smallest absolute Gasteiger partial charge is 0.253 e. The summed E-state index contributed by atoms with van der Waals surface area (Å²) in [5.74, 6) is 0.143. The van der Waals surface area contributed by atoms with Crippen molar-refractivity contribution in [1.82, 2.24) is 14.7 Å². The predicted octanol–water partition coefficient (Wildman–Crippen LogP) is 0.957. The Balaban J connectivity index is 1.48. The van der Waals surface area contributed by atoms with Crippen LogP contribution in [-0.2, 0) is 9.53 Å². The normalized spacial score (nSPS) is 19.4. The third-order valence-electron chi connectivity index (χ3n) is 4.45. The van der Waals surface area contributed by atoms with Crippen LogP contribution < -0.4 is 0 Å². The first-order valence-corrected chi connectivity index (χ1v) is 8.64. The molecule has 130 valence electrons. The van der Waals surface area contributed by atoms with Crippen LogP contribution in [0.5, 0.6) is 0 Å². The molecule has 0 radical (unpaired) electrons. The number of piperazine rings is 1. The van der Waals surface area contributed by atoms with E-state index < -0.39 is 0 Å². The zero-order chi connectivity index (χ0) is 16.9. The van der Waals surface area contributed by atoms with Crippen molar-refractivity contribution in [3.63, 3.8) is 0 Å². The Morgan fingerprint density at radius 1 is 1.00 bits per heavy atom. The molecule has 6 nitrogen and oxygen atoms in total. The summed E-state index contributed by atoms with van der Waals surface area (Å²) >= 11 is 5.95. The number of ether oxygens (including phenoxy) is 1. The summed E-state index contributed by atoms with van der Waals surface area (Å²) in [4.78, 5) is 30.5. The number of carbonyl (C=O) groups is 2. The lowest BCUT2D eigenvalue weighted by Gasteiger charge is -2.36. The monoisotopic (exact) mass is 351 g/mol. The van der Waals surface area contributed by atoms with Crippen LogP contribution in [0, 0.1) is 0 Å². The lowest BCUT2D eigenvalue weighted by atomic mass is 10.2. The summed E-state index contributed by atoms with van der Waals surface area (Å²) in [6.07, 6.45) is 0. The van der Waals surface area contributed by atoms with Crippen LogP contribution in [0.2, 0.25) is 5.02 Å². The molecule has 0 bridgehead atoms. The van der Waals surface area contributed by atoms with Gasteiger partial charge in [0.2, 0.25) is 5.91 Å². The van der Waals surface area contributed by atoms with Gasteiger partial charge >= 0.3 is 0 Å². The number of nitrogens with zero attached hydrogens (tertiary/aromatic N) is 3. The Kier molecular flexibility index (Phi) is 5.71. The van der Waals surface area contributed by atoms with Gasteiger partial charge in [-0.05, 0) is 18.2 Å². The van der Waals surface area contributed by atoms with Gasteiger partial charge in [0.05, 0.1) is 19.8 Å². The number of halogens is 1. The van der Waals surface area contributed by atoms with E-state index >= 15 is 0 Å². The SMILES string of the molecule is O=C(CN1CCN(C(=O)c2cccc(Cl)c2)CC1)N1CCOCC1. The van der Waals surface area contributed by atoms with Gasteiger partial charge in [0, 0.05) is 49.9 Å². The molecule has 1 aromatic rings. The van der Waals surface area contributed by atoms with E-state index in [1.54, 1.807) is 24.3 Å². The van der Waals surface area contributed by atoms with Gasteiger partial charge in [0.1, 0.15) is 0 Å². The zero-order valence-corrected chi connectivity index (χ0v) is 14.4. The minimum absolute atomic E-state index is 0.00310. The summed E-state index contributed by atoms with van der Waals surface area (Å²) in [7, 11) is 0. The second-order valence-electron chi connectivity index (χ2n) is 6.07. The minimum Gasteiger partial charge on any atom is -0.378 e. The second-order valence-corrected chi connectivity index (χ2v) is 6.51. The first-order valence-electron chi connectivity index (χ1n) is 8.26. The number of morpholine rings is 1. The fourth-order valence-corrected chi connectivity index (χ4v) is 3.21. The highest BCUT2D eigenvalue weighted by atomic mass is 35.5. The molecule has 2 amide bonds. The number of carbonyl (C=O) groups excluding carboxylic acids is 2. The van der Waals surface area contributed by atoms with E-state index in [4.69, 9.17) is 16.3 Å². The first kappa shape index (κ1) is 17.2. The Morgan fingerprint density at radius 3 is 2.38 bits per heavy atom. The van der Waals surface area contributed by atoms with Crippen molar-refractivity contribution in [2.45, 2.75) is 0 Å². The molecule has 0 atom stereocenters. The first-order chi connectivity index (χ1) is 11.6. The van der Waals surface area contributed by atoms with Crippen LogP contribution in [0.4, 0.5) is 0 Å². The molecule has 0 saturated carbocycles. The number of amides is 2. The Hall–Kier alpha value is -1.63. The second kappa shape index (κ2) is 7.96. The largest absolute Gasteiger partial charge is 0.378 e. The van der Waals surface area contributed by atoms with Gasteiger partial charge < -0.3 is 14.5 Å². The molecule has 7 heteroatoms. The average molecular weight is 352 g/mol. The summed E-state index contributed by atoms with van der Waals surface area (Å²) in [5, 5.41) is 0.565. The van der Waals surface area contributed by atoms with E-state index in [9.17, 15) is 9.59 Å². The topological polar surface area (TPSA) is 53.1 Å². The van der Waals surface area contributed by atoms with Crippen molar-refractivity contribution in [2.24, 2.45) is 0 Å². The third kappa shape index (κ3) is 4.26.